The van der Waals surface area contributed by atoms with Crippen LogP contribution in [0.15, 0.2) is 18.2 Å². The SMILES string of the molecule is CN(Cc1c(F)cccc1Cl)C1CC2CCC(C1)N2. The molecule has 0 saturated carbocycles. The Bertz CT molecular complexity index is 433. The van der Waals surface area contributed by atoms with Crippen molar-refractivity contribution in [3.05, 3.63) is 34.6 Å². The van der Waals surface area contributed by atoms with E-state index < -0.39 is 0 Å². The third kappa shape index (κ3) is 2.78. The summed E-state index contributed by atoms with van der Waals surface area (Å²) in [6.07, 6.45) is 4.91. The first-order chi connectivity index (χ1) is 9.13. The second-order valence-electron chi connectivity index (χ2n) is 5.88. The van der Waals surface area contributed by atoms with Crippen LogP contribution < -0.4 is 5.32 Å². The van der Waals surface area contributed by atoms with E-state index in [1.54, 1.807) is 12.1 Å². The van der Waals surface area contributed by atoms with Crippen LogP contribution in [0.4, 0.5) is 4.39 Å². The molecule has 1 aromatic carbocycles. The van der Waals surface area contributed by atoms with Gasteiger partial charge in [0.2, 0.25) is 0 Å². The maximum atomic E-state index is 13.8. The molecule has 1 aromatic rings. The van der Waals surface area contributed by atoms with E-state index in [0.29, 0.717) is 35.3 Å². The number of hydrogen-bond acceptors (Lipinski definition) is 2. The van der Waals surface area contributed by atoms with Gasteiger partial charge in [0.25, 0.3) is 0 Å². The Morgan fingerprint density at radius 3 is 2.63 bits per heavy atom. The van der Waals surface area contributed by atoms with E-state index in [0.717, 1.165) is 0 Å². The van der Waals surface area contributed by atoms with E-state index in [1.807, 2.05) is 0 Å². The zero-order valence-corrected chi connectivity index (χ0v) is 12.0. The summed E-state index contributed by atoms with van der Waals surface area (Å²) < 4.78 is 13.8. The van der Waals surface area contributed by atoms with Crippen LogP contribution in [0, 0.1) is 5.82 Å². The van der Waals surface area contributed by atoms with Gasteiger partial charge in [-0.15, -0.1) is 0 Å². The number of halogens is 2. The van der Waals surface area contributed by atoms with Crippen LogP contribution in [0.2, 0.25) is 5.02 Å². The summed E-state index contributed by atoms with van der Waals surface area (Å²) in [4.78, 5) is 2.26. The summed E-state index contributed by atoms with van der Waals surface area (Å²) >= 11 is 6.10. The monoisotopic (exact) mass is 282 g/mol. The molecule has 2 heterocycles. The number of nitrogens with zero attached hydrogens (tertiary/aromatic N) is 1. The fourth-order valence-electron chi connectivity index (χ4n) is 3.45. The average Bonchev–Trinajstić information content (AvgIpc) is 2.72. The molecule has 0 spiro atoms. The fraction of sp³-hybridized carbons (Fsp3) is 0.600. The number of piperidine rings is 1. The molecule has 2 atom stereocenters. The molecule has 2 saturated heterocycles. The minimum absolute atomic E-state index is 0.198. The molecule has 104 valence electrons. The van der Waals surface area contributed by atoms with Gasteiger partial charge in [-0.25, -0.2) is 4.39 Å². The van der Waals surface area contributed by atoms with E-state index in [2.05, 4.69) is 17.3 Å². The first-order valence-electron chi connectivity index (χ1n) is 7.02. The molecule has 4 heteroatoms. The average molecular weight is 283 g/mol. The Labute approximate surface area is 118 Å². The van der Waals surface area contributed by atoms with Gasteiger partial charge in [0, 0.05) is 35.3 Å². The summed E-state index contributed by atoms with van der Waals surface area (Å²) in [5, 5.41) is 4.17. The normalized spacial score (nSPS) is 30.0. The minimum atomic E-state index is -0.198. The summed E-state index contributed by atoms with van der Waals surface area (Å²) in [5.41, 5.74) is 0.623. The molecule has 2 bridgehead atoms. The van der Waals surface area contributed by atoms with Gasteiger partial charge in [-0.05, 0) is 44.9 Å². The van der Waals surface area contributed by atoms with Gasteiger partial charge >= 0.3 is 0 Å². The molecule has 19 heavy (non-hydrogen) atoms. The molecule has 3 rings (SSSR count). The fourth-order valence-corrected chi connectivity index (χ4v) is 3.67. The Morgan fingerprint density at radius 1 is 1.32 bits per heavy atom. The van der Waals surface area contributed by atoms with Gasteiger partial charge in [-0.2, -0.15) is 0 Å². The molecular formula is C15H20ClFN2. The van der Waals surface area contributed by atoms with Crippen LogP contribution in [0.3, 0.4) is 0 Å². The van der Waals surface area contributed by atoms with Gasteiger partial charge in [0.15, 0.2) is 0 Å². The Kier molecular flexibility index (Phi) is 3.79. The number of hydrogen-bond donors (Lipinski definition) is 1. The lowest BCUT2D eigenvalue weighted by atomic mass is 9.98. The number of benzene rings is 1. The van der Waals surface area contributed by atoms with Gasteiger partial charge < -0.3 is 5.32 Å². The van der Waals surface area contributed by atoms with Crippen molar-refractivity contribution >= 4 is 11.6 Å². The van der Waals surface area contributed by atoms with Gasteiger partial charge in [0.05, 0.1) is 0 Å². The topological polar surface area (TPSA) is 15.3 Å². The third-order valence-corrected chi connectivity index (χ3v) is 4.89. The van der Waals surface area contributed by atoms with Crippen LogP contribution in [-0.4, -0.2) is 30.1 Å². The van der Waals surface area contributed by atoms with Crippen molar-refractivity contribution in [2.24, 2.45) is 0 Å². The molecule has 2 aliphatic heterocycles. The van der Waals surface area contributed by atoms with Crippen LogP contribution in [0.5, 0.6) is 0 Å². The maximum absolute atomic E-state index is 13.8. The first-order valence-corrected chi connectivity index (χ1v) is 7.40. The Balaban J connectivity index is 1.69. The van der Waals surface area contributed by atoms with E-state index >= 15 is 0 Å². The Hall–Kier alpha value is -0.640. The minimum Gasteiger partial charge on any atom is -0.311 e. The molecule has 0 radical (unpaired) electrons. The lowest BCUT2D eigenvalue weighted by molar-refractivity contribution is 0.164. The highest BCUT2D eigenvalue weighted by Crippen LogP contribution is 2.30. The van der Waals surface area contributed by atoms with Crippen LogP contribution in [0.25, 0.3) is 0 Å². The lowest BCUT2D eigenvalue weighted by Crippen LogP contribution is -2.46. The predicted octanol–water partition coefficient (Wildman–Crippen LogP) is 3.19. The van der Waals surface area contributed by atoms with Crippen LogP contribution in [-0.2, 0) is 6.54 Å². The molecule has 2 fully saturated rings. The van der Waals surface area contributed by atoms with Gasteiger partial charge in [-0.1, -0.05) is 17.7 Å². The zero-order valence-electron chi connectivity index (χ0n) is 11.2. The van der Waals surface area contributed by atoms with Crippen molar-refractivity contribution in [1.82, 2.24) is 10.2 Å². The first kappa shape index (κ1) is 13.3. The van der Waals surface area contributed by atoms with E-state index in [1.165, 1.54) is 31.7 Å². The molecule has 0 aliphatic carbocycles. The maximum Gasteiger partial charge on any atom is 0.129 e. The Morgan fingerprint density at radius 2 is 2.00 bits per heavy atom. The lowest BCUT2D eigenvalue weighted by Gasteiger charge is -2.35. The molecule has 1 N–H and O–H groups in total. The van der Waals surface area contributed by atoms with Crippen LogP contribution in [0.1, 0.15) is 31.2 Å². The quantitative estimate of drug-likeness (QED) is 0.916. The largest absolute Gasteiger partial charge is 0.311 e. The van der Waals surface area contributed by atoms with Gasteiger partial charge in [0.1, 0.15) is 5.82 Å². The summed E-state index contributed by atoms with van der Waals surface area (Å²) in [7, 11) is 2.08. The second kappa shape index (κ2) is 5.39. The van der Waals surface area contributed by atoms with Crippen molar-refractivity contribution in [1.29, 1.82) is 0 Å². The smallest absolute Gasteiger partial charge is 0.129 e. The zero-order chi connectivity index (χ0) is 13.4. The highest BCUT2D eigenvalue weighted by atomic mass is 35.5. The molecular weight excluding hydrogens is 263 g/mol. The standard InChI is InChI=1S/C15H20ClFN2/c1-19(9-13-14(16)3-2-4-15(13)17)12-7-10-5-6-11(8-12)18-10/h2-4,10-12,18H,5-9H2,1H3. The highest BCUT2D eigenvalue weighted by Gasteiger charge is 2.35. The summed E-state index contributed by atoms with van der Waals surface area (Å²) in [6, 6.07) is 6.76. The predicted molar refractivity (Wildman–Crippen MR) is 75.8 cm³/mol. The number of rotatable bonds is 3. The van der Waals surface area contributed by atoms with E-state index in [-0.39, 0.29) is 5.82 Å². The summed E-state index contributed by atoms with van der Waals surface area (Å²) in [5.74, 6) is -0.198. The molecule has 2 nitrogen and oxygen atoms in total. The molecule has 0 aromatic heterocycles. The van der Waals surface area contributed by atoms with E-state index in [9.17, 15) is 4.39 Å². The number of fused-ring (bicyclic) bond motifs is 2. The van der Waals surface area contributed by atoms with Crippen molar-refractivity contribution in [3.8, 4) is 0 Å². The molecule has 2 aliphatic rings. The number of nitrogens with one attached hydrogen (secondary N) is 1. The van der Waals surface area contributed by atoms with Crippen molar-refractivity contribution in [2.75, 3.05) is 7.05 Å². The van der Waals surface area contributed by atoms with Crippen molar-refractivity contribution < 1.29 is 4.39 Å². The highest BCUT2D eigenvalue weighted by molar-refractivity contribution is 6.31. The van der Waals surface area contributed by atoms with Crippen molar-refractivity contribution in [2.45, 2.75) is 50.4 Å². The van der Waals surface area contributed by atoms with Crippen LogP contribution >= 0.6 is 11.6 Å². The molecule has 2 unspecified atom stereocenters. The second-order valence-corrected chi connectivity index (χ2v) is 6.29. The van der Waals surface area contributed by atoms with Gasteiger partial charge in [-0.3, -0.25) is 4.90 Å². The van der Waals surface area contributed by atoms with E-state index in [4.69, 9.17) is 11.6 Å². The molecule has 0 amide bonds. The third-order valence-electron chi connectivity index (χ3n) is 4.54. The summed E-state index contributed by atoms with van der Waals surface area (Å²) in [6.45, 7) is 0.593. The van der Waals surface area contributed by atoms with Crippen molar-refractivity contribution in [3.63, 3.8) is 0 Å².